The van der Waals surface area contributed by atoms with Gasteiger partial charge in [0.2, 0.25) is 0 Å². The van der Waals surface area contributed by atoms with Gasteiger partial charge in [-0.2, -0.15) is 0 Å². The first kappa shape index (κ1) is 23.3. The second-order valence-corrected chi connectivity index (χ2v) is 8.73. The maximum Gasteiger partial charge on any atom is 0.699 e. The Hall–Kier alpha value is -3.90. The lowest BCUT2D eigenvalue weighted by atomic mass is 10.0. The molecule has 8 N–H and O–H groups in total. The lowest BCUT2D eigenvalue weighted by Gasteiger charge is -2.15. The van der Waals surface area contributed by atoms with Crippen molar-refractivity contribution < 1.29 is 13.6 Å². The van der Waals surface area contributed by atoms with Gasteiger partial charge in [0.15, 0.2) is 12.2 Å². The van der Waals surface area contributed by atoms with Crippen molar-refractivity contribution in [2.75, 3.05) is 22.9 Å². The highest BCUT2D eigenvalue weighted by Gasteiger charge is 2.35. The summed E-state index contributed by atoms with van der Waals surface area (Å²) in [6, 6.07) is 28.8. The van der Waals surface area contributed by atoms with Crippen molar-refractivity contribution in [1.82, 2.24) is 0 Å². The number of hydrogen-bond donors (Lipinski definition) is 4. The number of nitrogen functional groups attached to an aromatic ring is 4. The minimum atomic E-state index is -2.56. The van der Waals surface area contributed by atoms with Crippen molar-refractivity contribution in [2.45, 2.75) is 12.2 Å². The van der Waals surface area contributed by atoms with Crippen LogP contribution in [0, 0.1) is 0 Å². The molecule has 0 spiro atoms. The molecule has 0 bridgehead atoms. The number of rotatable bonds is 8. The van der Waals surface area contributed by atoms with Crippen LogP contribution in [0.5, 0.6) is 0 Å². The molecule has 0 aromatic heterocycles. The molecule has 0 aliphatic carbocycles. The van der Waals surface area contributed by atoms with E-state index < -0.39 is 20.5 Å². The van der Waals surface area contributed by atoms with Gasteiger partial charge in [-0.05, 0) is 70.8 Å². The SMILES string of the molecule is Nc1ccc(C(O[P+](=O)OC(c2ccc(N)cc2)c2ccc(N)cc2)c2ccc(N)cc2)cc1. The molecule has 7 nitrogen and oxygen atoms in total. The first-order valence-corrected chi connectivity index (χ1v) is 11.7. The van der Waals surface area contributed by atoms with Gasteiger partial charge in [-0.15, -0.1) is 9.05 Å². The molecule has 34 heavy (non-hydrogen) atoms. The summed E-state index contributed by atoms with van der Waals surface area (Å²) < 4.78 is 25.2. The summed E-state index contributed by atoms with van der Waals surface area (Å²) in [5.74, 6) is 0. The Labute approximate surface area is 199 Å². The van der Waals surface area contributed by atoms with E-state index in [1.165, 1.54) is 0 Å². The Morgan fingerprint density at radius 2 is 0.647 bits per heavy atom. The van der Waals surface area contributed by atoms with Crippen LogP contribution in [-0.4, -0.2) is 0 Å². The number of nitrogens with two attached hydrogens (primary N) is 4. The second-order valence-electron chi connectivity index (χ2n) is 7.86. The van der Waals surface area contributed by atoms with Gasteiger partial charge in [0.1, 0.15) is 0 Å². The van der Waals surface area contributed by atoms with E-state index >= 15 is 0 Å². The third-order valence-electron chi connectivity index (χ3n) is 5.34. The van der Waals surface area contributed by atoms with Crippen molar-refractivity contribution in [3.63, 3.8) is 0 Å². The van der Waals surface area contributed by atoms with E-state index in [1.807, 2.05) is 48.5 Å². The van der Waals surface area contributed by atoms with E-state index in [0.29, 0.717) is 22.7 Å². The highest BCUT2D eigenvalue weighted by molar-refractivity contribution is 7.33. The molecule has 4 aromatic rings. The summed E-state index contributed by atoms with van der Waals surface area (Å²) in [7, 11) is -2.56. The molecule has 0 amide bonds. The van der Waals surface area contributed by atoms with Crippen LogP contribution in [0.1, 0.15) is 34.5 Å². The first-order chi connectivity index (χ1) is 16.4. The molecule has 0 unspecified atom stereocenters. The summed E-state index contributed by atoms with van der Waals surface area (Å²) in [5.41, 5.74) is 29.0. The van der Waals surface area contributed by atoms with Crippen LogP contribution >= 0.6 is 8.25 Å². The van der Waals surface area contributed by atoms with E-state index in [1.54, 1.807) is 48.5 Å². The molecule has 0 atom stereocenters. The van der Waals surface area contributed by atoms with Crippen LogP contribution < -0.4 is 22.9 Å². The summed E-state index contributed by atoms with van der Waals surface area (Å²) in [4.78, 5) is 0. The predicted octanol–water partition coefficient (Wildman–Crippen LogP) is 5.59. The number of benzene rings is 4. The second kappa shape index (κ2) is 10.4. The van der Waals surface area contributed by atoms with E-state index in [2.05, 4.69) is 0 Å². The van der Waals surface area contributed by atoms with E-state index in [9.17, 15) is 4.57 Å². The zero-order valence-corrected chi connectivity index (χ0v) is 19.3. The topological polar surface area (TPSA) is 140 Å². The van der Waals surface area contributed by atoms with Crippen LogP contribution in [0.15, 0.2) is 97.1 Å². The first-order valence-electron chi connectivity index (χ1n) is 10.6. The molecule has 8 heteroatoms. The molecule has 0 heterocycles. The Morgan fingerprint density at radius 1 is 0.441 bits per heavy atom. The lowest BCUT2D eigenvalue weighted by molar-refractivity contribution is 0.163. The number of anilines is 4. The fraction of sp³-hybridized carbons (Fsp3) is 0.0769. The molecule has 0 aliphatic heterocycles. The zero-order valence-electron chi connectivity index (χ0n) is 18.4. The van der Waals surface area contributed by atoms with Gasteiger partial charge in [-0.25, -0.2) is 0 Å². The standard InChI is InChI=1S/C26H26N4O3P/c27-21-9-1-17(2-10-21)25(18-3-11-22(28)12-4-18)32-34(31)33-26(19-5-13-23(29)14-6-19)20-7-15-24(30)16-8-20/h1-16,25-26H,27-30H2/q+1. The van der Waals surface area contributed by atoms with Gasteiger partial charge in [-0.1, -0.05) is 48.5 Å². The molecule has 0 aliphatic rings. The highest BCUT2D eigenvalue weighted by atomic mass is 31.1. The van der Waals surface area contributed by atoms with Crippen molar-refractivity contribution in [2.24, 2.45) is 0 Å². The quantitative estimate of drug-likeness (QED) is 0.193. The molecule has 0 radical (unpaired) electrons. The monoisotopic (exact) mass is 473 g/mol. The Morgan fingerprint density at radius 3 is 0.853 bits per heavy atom. The zero-order chi connectivity index (χ0) is 24.1. The lowest BCUT2D eigenvalue weighted by Crippen LogP contribution is -2.07. The predicted molar refractivity (Wildman–Crippen MR) is 137 cm³/mol. The molecular formula is C26H26N4O3P+. The third kappa shape index (κ3) is 5.71. The fourth-order valence-electron chi connectivity index (χ4n) is 3.51. The summed E-state index contributed by atoms with van der Waals surface area (Å²) >= 11 is 0. The van der Waals surface area contributed by atoms with Crippen LogP contribution in [0.25, 0.3) is 0 Å². The van der Waals surface area contributed by atoms with Gasteiger partial charge < -0.3 is 22.9 Å². The normalized spacial score (nSPS) is 11.1. The molecule has 0 saturated heterocycles. The molecule has 4 rings (SSSR count). The third-order valence-corrected chi connectivity index (χ3v) is 6.11. The maximum absolute atomic E-state index is 13.2. The molecule has 0 saturated carbocycles. The summed E-state index contributed by atoms with van der Waals surface area (Å²) in [6.07, 6.45) is -1.30. The average Bonchev–Trinajstić information content (AvgIpc) is 2.84. The van der Waals surface area contributed by atoms with Crippen molar-refractivity contribution in [3.8, 4) is 0 Å². The Bertz CT molecular complexity index is 1060. The minimum Gasteiger partial charge on any atom is -0.399 e. The van der Waals surface area contributed by atoms with E-state index in [0.717, 1.165) is 22.3 Å². The highest BCUT2D eigenvalue weighted by Crippen LogP contribution is 2.43. The molecule has 4 aromatic carbocycles. The van der Waals surface area contributed by atoms with Gasteiger partial charge in [0.25, 0.3) is 0 Å². The minimum absolute atomic E-state index is 0.618. The average molecular weight is 473 g/mol. The van der Waals surface area contributed by atoms with Crippen molar-refractivity contribution in [3.05, 3.63) is 119 Å². The summed E-state index contributed by atoms with van der Waals surface area (Å²) in [6.45, 7) is 0. The van der Waals surface area contributed by atoms with Crippen LogP contribution in [-0.2, 0) is 13.6 Å². The number of hydrogen-bond acceptors (Lipinski definition) is 7. The molecule has 172 valence electrons. The largest absolute Gasteiger partial charge is 0.699 e. The van der Waals surface area contributed by atoms with Gasteiger partial charge in [0.05, 0.1) is 0 Å². The Balaban J connectivity index is 1.63. The van der Waals surface area contributed by atoms with Crippen LogP contribution in [0.4, 0.5) is 22.7 Å². The summed E-state index contributed by atoms with van der Waals surface area (Å²) in [5, 5.41) is 0. The molecule has 0 fully saturated rings. The molecular weight excluding hydrogens is 447 g/mol. The van der Waals surface area contributed by atoms with E-state index in [4.69, 9.17) is 32.0 Å². The van der Waals surface area contributed by atoms with Gasteiger partial charge in [0, 0.05) is 27.3 Å². The van der Waals surface area contributed by atoms with Crippen LogP contribution in [0.3, 0.4) is 0 Å². The van der Waals surface area contributed by atoms with Crippen molar-refractivity contribution in [1.29, 1.82) is 0 Å². The Kier molecular flexibility index (Phi) is 7.09. The van der Waals surface area contributed by atoms with Gasteiger partial charge in [-0.3, -0.25) is 0 Å². The smallest absolute Gasteiger partial charge is 0.399 e. The van der Waals surface area contributed by atoms with Gasteiger partial charge >= 0.3 is 8.25 Å². The van der Waals surface area contributed by atoms with E-state index in [-0.39, 0.29) is 0 Å². The maximum atomic E-state index is 13.2. The van der Waals surface area contributed by atoms with Crippen LogP contribution in [0.2, 0.25) is 0 Å². The fourth-order valence-corrected chi connectivity index (χ4v) is 4.39. The van der Waals surface area contributed by atoms with Crippen molar-refractivity contribution >= 4 is 31.0 Å².